The quantitative estimate of drug-likeness (QED) is 0.719. The topological polar surface area (TPSA) is 84.6 Å². The molecule has 0 unspecified atom stereocenters. The summed E-state index contributed by atoms with van der Waals surface area (Å²) in [4.78, 5) is 11.9. The van der Waals surface area contributed by atoms with E-state index in [2.05, 4.69) is 21.2 Å². The summed E-state index contributed by atoms with van der Waals surface area (Å²) in [7, 11) is 0. The van der Waals surface area contributed by atoms with E-state index in [0.717, 1.165) is 23.7 Å². The van der Waals surface area contributed by atoms with Crippen LogP contribution in [0, 0.1) is 5.92 Å². The number of aliphatic hydroxyl groups excluding tert-OH is 1. The van der Waals surface area contributed by atoms with Gasteiger partial charge in [0.05, 0.1) is 4.47 Å². The molecule has 3 atom stereocenters. The second kappa shape index (κ2) is 7.77. The van der Waals surface area contributed by atoms with E-state index in [1.165, 1.54) is 0 Å². The Hall–Kier alpha value is -1.11. The molecule has 4 N–H and O–H groups in total. The summed E-state index contributed by atoms with van der Waals surface area (Å²) >= 11 is 3.37. The highest BCUT2D eigenvalue weighted by molar-refractivity contribution is 9.10. The van der Waals surface area contributed by atoms with Crippen LogP contribution < -0.4 is 15.8 Å². The van der Waals surface area contributed by atoms with Crippen LogP contribution in [0.2, 0.25) is 0 Å². The fourth-order valence-corrected chi connectivity index (χ4v) is 2.82. The molecule has 6 heteroatoms. The van der Waals surface area contributed by atoms with Crippen molar-refractivity contribution >= 4 is 21.8 Å². The Kier molecular flexibility index (Phi) is 6.02. The van der Waals surface area contributed by atoms with Crippen LogP contribution in [-0.4, -0.2) is 36.3 Å². The van der Waals surface area contributed by atoms with Crippen molar-refractivity contribution in [2.24, 2.45) is 11.7 Å². The maximum atomic E-state index is 11.9. The summed E-state index contributed by atoms with van der Waals surface area (Å²) in [6.45, 7) is 0.322. The average Bonchev–Trinajstić information content (AvgIpc) is 2.90. The van der Waals surface area contributed by atoms with Crippen LogP contribution in [0.4, 0.5) is 0 Å². The molecular formula is C15H21BrN2O3. The molecule has 0 aromatic heterocycles. The Morgan fingerprint density at radius 1 is 1.48 bits per heavy atom. The number of benzene rings is 1. The third-order valence-electron chi connectivity index (χ3n) is 3.62. The van der Waals surface area contributed by atoms with Gasteiger partial charge in [0.1, 0.15) is 18.5 Å². The second-order valence-electron chi connectivity index (χ2n) is 5.41. The Morgan fingerprint density at radius 3 is 2.90 bits per heavy atom. The summed E-state index contributed by atoms with van der Waals surface area (Å²) in [6.07, 6.45) is 1.72. The van der Waals surface area contributed by atoms with Gasteiger partial charge in [-0.1, -0.05) is 12.1 Å². The molecule has 1 aromatic rings. The summed E-state index contributed by atoms with van der Waals surface area (Å²) in [6, 6.07) is 7.56. The standard InChI is InChI=1S/C15H21BrN2O3/c16-13-3-1-2-4-14(13)21-9-12(19)8-18-15(20)10-5-6-11(17)7-10/h1-4,10-12,19H,5-9,17H2,(H,18,20)/t10-,11-,12-/m1/s1. The first kappa shape index (κ1) is 16.3. The summed E-state index contributed by atoms with van der Waals surface area (Å²) in [5.41, 5.74) is 5.79. The van der Waals surface area contributed by atoms with Crippen LogP contribution in [0.1, 0.15) is 19.3 Å². The highest BCUT2D eigenvalue weighted by atomic mass is 79.9. The summed E-state index contributed by atoms with van der Waals surface area (Å²) in [5, 5.41) is 12.6. The molecule has 0 radical (unpaired) electrons. The first-order valence-electron chi connectivity index (χ1n) is 7.15. The minimum atomic E-state index is -0.740. The van der Waals surface area contributed by atoms with Crippen molar-refractivity contribution in [3.05, 3.63) is 28.7 Å². The van der Waals surface area contributed by atoms with Gasteiger partial charge >= 0.3 is 0 Å². The van der Waals surface area contributed by atoms with Gasteiger partial charge in [-0.25, -0.2) is 0 Å². The third kappa shape index (κ3) is 4.98. The van der Waals surface area contributed by atoms with Gasteiger partial charge in [-0.05, 0) is 47.3 Å². The smallest absolute Gasteiger partial charge is 0.223 e. The maximum Gasteiger partial charge on any atom is 0.223 e. The number of aliphatic hydroxyl groups is 1. The lowest BCUT2D eigenvalue weighted by atomic mass is 10.1. The van der Waals surface area contributed by atoms with E-state index in [4.69, 9.17) is 10.5 Å². The zero-order chi connectivity index (χ0) is 15.2. The lowest BCUT2D eigenvalue weighted by molar-refractivity contribution is -0.125. The van der Waals surface area contributed by atoms with E-state index in [0.29, 0.717) is 5.75 Å². The van der Waals surface area contributed by atoms with Crippen molar-refractivity contribution < 1.29 is 14.6 Å². The van der Waals surface area contributed by atoms with Gasteiger partial charge in [0.25, 0.3) is 0 Å². The molecule has 1 aromatic carbocycles. The molecule has 0 spiro atoms. The van der Waals surface area contributed by atoms with Crippen molar-refractivity contribution in [1.29, 1.82) is 0 Å². The van der Waals surface area contributed by atoms with Crippen molar-refractivity contribution in [2.75, 3.05) is 13.2 Å². The van der Waals surface area contributed by atoms with E-state index in [1.54, 1.807) is 0 Å². The number of nitrogens with one attached hydrogen (secondary N) is 1. The predicted molar refractivity (Wildman–Crippen MR) is 84.0 cm³/mol. The molecule has 21 heavy (non-hydrogen) atoms. The molecular weight excluding hydrogens is 336 g/mol. The van der Waals surface area contributed by atoms with Crippen LogP contribution >= 0.6 is 15.9 Å². The number of carbonyl (C=O) groups excluding carboxylic acids is 1. The molecule has 1 saturated carbocycles. The van der Waals surface area contributed by atoms with E-state index in [-0.39, 0.29) is 31.0 Å². The Labute approximate surface area is 133 Å². The first-order chi connectivity index (χ1) is 10.1. The van der Waals surface area contributed by atoms with E-state index in [9.17, 15) is 9.90 Å². The SMILES string of the molecule is N[C@@H]1CC[C@@H](C(=O)NC[C@@H](O)COc2ccccc2Br)C1. The van der Waals surface area contributed by atoms with Gasteiger partial charge in [-0.2, -0.15) is 0 Å². The summed E-state index contributed by atoms with van der Waals surface area (Å²) < 4.78 is 6.34. The number of halogens is 1. The Balaban J connectivity index is 1.69. The van der Waals surface area contributed by atoms with Crippen molar-refractivity contribution in [2.45, 2.75) is 31.4 Å². The monoisotopic (exact) mass is 356 g/mol. The molecule has 0 saturated heterocycles. The molecule has 1 aliphatic carbocycles. The van der Waals surface area contributed by atoms with Crippen molar-refractivity contribution in [3.63, 3.8) is 0 Å². The number of ether oxygens (including phenoxy) is 1. The lowest BCUT2D eigenvalue weighted by Gasteiger charge is -2.16. The molecule has 0 heterocycles. The first-order valence-corrected chi connectivity index (χ1v) is 7.94. The van der Waals surface area contributed by atoms with E-state index >= 15 is 0 Å². The molecule has 5 nitrogen and oxygen atoms in total. The summed E-state index contributed by atoms with van der Waals surface area (Å²) in [5.74, 6) is 0.629. The van der Waals surface area contributed by atoms with Crippen molar-refractivity contribution in [3.8, 4) is 5.75 Å². The molecule has 1 amide bonds. The minimum Gasteiger partial charge on any atom is -0.490 e. The van der Waals surface area contributed by atoms with Gasteiger partial charge in [-0.3, -0.25) is 4.79 Å². The Morgan fingerprint density at radius 2 is 2.24 bits per heavy atom. The number of carbonyl (C=O) groups is 1. The minimum absolute atomic E-state index is 0.0172. The third-order valence-corrected chi connectivity index (χ3v) is 4.28. The molecule has 1 aliphatic rings. The van der Waals surface area contributed by atoms with Gasteiger partial charge < -0.3 is 20.9 Å². The number of hydrogen-bond acceptors (Lipinski definition) is 4. The van der Waals surface area contributed by atoms with Crippen LogP contribution in [0.3, 0.4) is 0 Å². The van der Waals surface area contributed by atoms with Crippen LogP contribution in [-0.2, 0) is 4.79 Å². The molecule has 0 aliphatic heterocycles. The van der Waals surface area contributed by atoms with Gasteiger partial charge in [0.2, 0.25) is 5.91 Å². The van der Waals surface area contributed by atoms with Crippen LogP contribution in [0.25, 0.3) is 0 Å². The van der Waals surface area contributed by atoms with Gasteiger partial charge in [-0.15, -0.1) is 0 Å². The molecule has 2 rings (SSSR count). The van der Waals surface area contributed by atoms with Crippen molar-refractivity contribution in [1.82, 2.24) is 5.32 Å². The van der Waals surface area contributed by atoms with E-state index in [1.807, 2.05) is 24.3 Å². The van der Waals surface area contributed by atoms with Gasteiger partial charge in [0, 0.05) is 18.5 Å². The van der Waals surface area contributed by atoms with Crippen LogP contribution in [0.15, 0.2) is 28.7 Å². The lowest BCUT2D eigenvalue weighted by Crippen LogP contribution is -2.38. The number of para-hydroxylation sites is 1. The molecule has 1 fully saturated rings. The van der Waals surface area contributed by atoms with Crippen LogP contribution in [0.5, 0.6) is 5.75 Å². The highest BCUT2D eigenvalue weighted by Crippen LogP contribution is 2.24. The Bertz CT molecular complexity index is 484. The molecule has 116 valence electrons. The number of nitrogens with two attached hydrogens (primary N) is 1. The number of amides is 1. The fraction of sp³-hybridized carbons (Fsp3) is 0.533. The average molecular weight is 357 g/mol. The number of rotatable bonds is 6. The highest BCUT2D eigenvalue weighted by Gasteiger charge is 2.27. The zero-order valence-electron chi connectivity index (χ0n) is 11.8. The molecule has 0 bridgehead atoms. The number of hydrogen-bond donors (Lipinski definition) is 3. The normalized spacial score (nSPS) is 22.8. The predicted octanol–water partition coefficient (Wildman–Crippen LogP) is 1.43. The maximum absolute atomic E-state index is 11.9. The van der Waals surface area contributed by atoms with E-state index < -0.39 is 6.10 Å². The fourth-order valence-electron chi connectivity index (χ4n) is 2.42. The van der Waals surface area contributed by atoms with Gasteiger partial charge in [0.15, 0.2) is 0 Å². The zero-order valence-corrected chi connectivity index (χ0v) is 13.4. The largest absolute Gasteiger partial charge is 0.490 e. The second-order valence-corrected chi connectivity index (χ2v) is 6.26.